The Hall–Kier alpha value is -0.560. The molecule has 0 spiro atoms. The number of rotatable bonds is 9. The monoisotopic (exact) mass is 330 g/mol. The van der Waals surface area contributed by atoms with Gasteiger partial charge in [0.05, 0.1) is 4.90 Å². The van der Waals surface area contributed by atoms with Crippen molar-refractivity contribution in [3.63, 3.8) is 0 Å². The first kappa shape index (κ1) is 18.5. The minimum absolute atomic E-state index is 0.0296. The van der Waals surface area contributed by atoms with E-state index in [2.05, 4.69) is 0 Å². The number of nitrogens with zero attached hydrogens (tertiary/aromatic N) is 1. The van der Waals surface area contributed by atoms with Gasteiger partial charge in [-0.3, -0.25) is 0 Å². The van der Waals surface area contributed by atoms with Crippen LogP contribution < -0.4 is 5.73 Å². The van der Waals surface area contributed by atoms with Gasteiger partial charge in [0.15, 0.2) is 0 Å². The number of hydrogen-bond donors (Lipinski definition) is 1. The summed E-state index contributed by atoms with van der Waals surface area (Å²) in [5.74, 6) is 0.806. The molecule has 1 aromatic rings. The lowest BCUT2D eigenvalue weighted by Gasteiger charge is -2.26. The van der Waals surface area contributed by atoms with Crippen molar-refractivity contribution in [2.75, 3.05) is 25.6 Å². The third-order valence-corrected chi connectivity index (χ3v) is 6.26. The molecule has 0 heterocycles. The third kappa shape index (κ3) is 4.98. The molecule has 0 bridgehead atoms. The highest BCUT2D eigenvalue weighted by molar-refractivity contribution is 7.98. The normalized spacial score (nSPS) is 13.6. The van der Waals surface area contributed by atoms with Crippen LogP contribution in [-0.4, -0.2) is 44.4 Å². The van der Waals surface area contributed by atoms with Gasteiger partial charge in [-0.15, -0.1) is 0 Å². The molecule has 0 radical (unpaired) electrons. The molecule has 1 aromatic carbocycles. The molecule has 4 nitrogen and oxygen atoms in total. The largest absolute Gasteiger partial charge is 0.330 e. The fourth-order valence-corrected chi connectivity index (χ4v) is 4.54. The zero-order valence-electron chi connectivity index (χ0n) is 13.1. The highest BCUT2D eigenvalue weighted by atomic mass is 32.2. The summed E-state index contributed by atoms with van der Waals surface area (Å²) in [6.45, 7) is 2.67. The molecular formula is C15H26N2O2S2. The number of nitrogens with two attached hydrogens (primary N) is 1. The Morgan fingerprint density at radius 1 is 1.29 bits per heavy atom. The van der Waals surface area contributed by atoms with Gasteiger partial charge in [-0.2, -0.15) is 16.1 Å². The lowest BCUT2D eigenvalue weighted by molar-refractivity contribution is 0.385. The van der Waals surface area contributed by atoms with Crippen molar-refractivity contribution >= 4 is 21.8 Å². The second-order valence-corrected chi connectivity index (χ2v) is 7.98. The maximum atomic E-state index is 12.6. The highest BCUT2D eigenvalue weighted by Gasteiger charge is 2.26. The van der Waals surface area contributed by atoms with Gasteiger partial charge in [0.25, 0.3) is 0 Å². The molecular weight excluding hydrogens is 304 g/mol. The van der Waals surface area contributed by atoms with Crippen LogP contribution in [0.2, 0.25) is 0 Å². The van der Waals surface area contributed by atoms with E-state index in [-0.39, 0.29) is 6.04 Å². The summed E-state index contributed by atoms with van der Waals surface area (Å²) in [5, 5.41) is 0. The Kier molecular flexibility index (Phi) is 7.73. The number of sulfonamides is 1. The Bertz CT molecular complexity index is 515. The lowest BCUT2D eigenvalue weighted by atomic mass is 10.1. The van der Waals surface area contributed by atoms with Crippen LogP contribution >= 0.6 is 11.8 Å². The molecule has 0 aliphatic rings. The lowest BCUT2D eigenvalue weighted by Crippen LogP contribution is -2.38. The summed E-state index contributed by atoms with van der Waals surface area (Å²) in [6, 6.07) is 7.19. The van der Waals surface area contributed by atoms with Crippen molar-refractivity contribution < 1.29 is 8.42 Å². The van der Waals surface area contributed by atoms with Crippen LogP contribution in [0.1, 0.15) is 25.3 Å². The van der Waals surface area contributed by atoms with Gasteiger partial charge in [0, 0.05) is 18.8 Å². The summed E-state index contributed by atoms with van der Waals surface area (Å²) in [5.41, 5.74) is 6.61. The molecule has 1 rings (SSSR count). The van der Waals surface area contributed by atoms with Crippen molar-refractivity contribution in [2.45, 2.75) is 37.1 Å². The van der Waals surface area contributed by atoms with Crippen molar-refractivity contribution in [3.05, 3.63) is 29.8 Å². The predicted molar refractivity (Wildman–Crippen MR) is 91.2 cm³/mol. The first-order valence-electron chi connectivity index (χ1n) is 7.23. The molecule has 0 saturated carbocycles. The summed E-state index contributed by atoms with van der Waals surface area (Å²) in [7, 11) is -1.75. The second-order valence-electron chi connectivity index (χ2n) is 5.07. The number of aryl methyl sites for hydroxylation is 1. The van der Waals surface area contributed by atoms with Crippen LogP contribution in [0.25, 0.3) is 0 Å². The SMILES string of the molecule is CCC(CSC)N(C)S(=O)(=O)c1ccc(CCCN)cc1. The van der Waals surface area contributed by atoms with Crippen molar-refractivity contribution in [2.24, 2.45) is 5.73 Å². The van der Waals surface area contributed by atoms with E-state index in [0.29, 0.717) is 11.4 Å². The van der Waals surface area contributed by atoms with Crippen LogP contribution in [-0.2, 0) is 16.4 Å². The van der Waals surface area contributed by atoms with E-state index in [0.717, 1.165) is 30.6 Å². The Morgan fingerprint density at radius 2 is 1.90 bits per heavy atom. The van der Waals surface area contributed by atoms with Gasteiger partial charge >= 0.3 is 0 Å². The van der Waals surface area contributed by atoms with Crippen LogP contribution in [0.5, 0.6) is 0 Å². The highest BCUT2D eigenvalue weighted by Crippen LogP contribution is 2.20. The van der Waals surface area contributed by atoms with Crippen molar-refractivity contribution in [1.82, 2.24) is 4.31 Å². The van der Waals surface area contributed by atoms with E-state index in [4.69, 9.17) is 5.73 Å². The average molecular weight is 331 g/mol. The van der Waals surface area contributed by atoms with Crippen LogP contribution in [0.15, 0.2) is 29.2 Å². The van der Waals surface area contributed by atoms with Crippen molar-refractivity contribution in [3.8, 4) is 0 Å². The summed E-state index contributed by atoms with van der Waals surface area (Å²) in [4.78, 5) is 0.362. The Balaban J connectivity index is 2.91. The standard InChI is InChI=1S/C15H26N2O2S2/c1-4-14(12-20-3)17(2)21(18,19)15-9-7-13(8-10-15)6-5-11-16/h7-10,14H,4-6,11-12,16H2,1-3H3. The topological polar surface area (TPSA) is 63.4 Å². The quantitative estimate of drug-likeness (QED) is 0.755. The van der Waals surface area contributed by atoms with E-state index in [1.165, 1.54) is 4.31 Å². The van der Waals surface area contributed by atoms with E-state index >= 15 is 0 Å². The van der Waals surface area contributed by atoms with Crippen molar-refractivity contribution in [1.29, 1.82) is 0 Å². The average Bonchev–Trinajstić information content (AvgIpc) is 2.50. The fraction of sp³-hybridized carbons (Fsp3) is 0.600. The number of thioether (sulfide) groups is 1. The minimum atomic E-state index is -3.41. The molecule has 120 valence electrons. The first-order valence-corrected chi connectivity index (χ1v) is 10.1. The van der Waals surface area contributed by atoms with E-state index in [9.17, 15) is 8.42 Å². The predicted octanol–water partition coefficient (Wildman–Crippen LogP) is 2.34. The van der Waals surface area contributed by atoms with Gasteiger partial charge in [-0.05, 0) is 49.8 Å². The summed E-state index contributed by atoms with van der Waals surface area (Å²) < 4.78 is 26.8. The molecule has 2 N–H and O–H groups in total. The molecule has 0 amide bonds. The molecule has 0 aromatic heterocycles. The van der Waals surface area contributed by atoms with Crippen LogP contribution in [0.4, 0.5) is 0 Å². The molecule has 1 atom stereocenters. The maximum absolute atomic E-state index is 12.6. The molecule has 21 heavy (non-hydrogen) atoms. The first-order chi connectivity index (χ1) is 9.97. The smallest absolute Gasteiger partial charge is 0.243 e. The van der Waals surface area contributed by atoms with Gasteiger partial charge < -0.3 is 5.73 Å². The molecule has 0 saturated heterocycles. The van der Waals surface area contributed by atoms with Gasteiger partial charge in [0.1, 0.15) is 0 Å². The maximum Gasteiger partial charge on any atom is 0.243 e. The molecule has 1 unspecified atom stereocenters. The van der Waals surface area contributed by atoms with Gasteiger partial charge in [-0.1, -0.05) is 19.1 Å². The van der Waals surface area contributed by atoms with E-state index < -0.39 is 10.0 Å². The number of hydrogen-bond acceptors (Lipinski definition) is 4. The second kappa shape index (κ2) is 8.78. The molecule has 0 fully saturated rings. The van der Waals surface area contributed by atoms with Crippen LogP contribution in [0, 0.1) is 0 Å². The Morgan fingerprint density at radius 3 is 2.38 bits per heavy atom. The van der Waals surface area contributed by atoms with Crippen LogP contribution in [0.3, 0.4) is 0 Å². The fourth-order valence-electron chi connectivity index (χ4n) is 2.17. The number of benzene rings is 1. The Labute approximate surface area is 133 Å². The molecule has 6 heteroatoms. The summed E-state index contributed by atoms with van der Waals surface area (Å²) >= 11 is 1.67. The van der Waals surface area contributed by atoms with E-state index in [1.54, 1.807) is 30.9 Å². The van der Waals surface area contributed by atoms with E-state index in [1.807, 2.05) is 25.3 Å². The van der Waals surface area contributed by atoms with Gasteiger partial charge in [0.2, 0.25) is 10.0 Å². The van der Waals surface area contributed by atoms with Gasteiger partial charge in [-0.25, -0.2) is 8.42 Å². The minimum Gasteiger partial charge on any atom is -0.330 e. The summed E-state index contributed by atoms with van der Waals surface area (Å²) in [6.07, 6.45) is 4.61. The molecule has 0 aliphatic carbocycles. The zero-order chi connectivity index (χ0) is 15.9. The zero-order valence-corrected chi connectivity index (χ0v) is 14.7. The third-order valence-electron chi connectivity index (χ3n) is 3.61. The molecule has 0 aliphatic heterocycles.